The van der Waals surface area contributed by atoms with Gasteiger partial charge in [-0.15, -0.1) is 0 Å². The Morgan fingerprint density at radius 2 is 1.96 bits per heavy atom. The van der Waals surface area contributed by atoms with E-state index in [1.54, 1.807) is 6.92 Å². The average Bonchev–Trinajstić information content (AvgIpc) is 2.93. The number of ether oxygens (including phenoxy) is 3. The van der Waals surface area contributed by atoms with Gasteiger partial charge in [0.25, 0.3) is 11.6 Å². The molecule has 0 fully saturated rings. The zero-order valence-corrected chi connectivity index (χ0v) is 14.2. The van der Waals surface area contributed by atoms with Gasteiger partial charge in [0.2, 0.25) is 5.76 Å². The number of nitrogens with zero attached hydrogens (tertiary/aromatic N) is 2. The molecule has 0 atom stereocenters. The van der Waals surface area contributed by atoms with Gasteiger partial charge in [0.1, 0.15) is 5.69 Å². The lowest BCUT2D eigenvalue weighted by atomic mass is 10.2. The van der Waals surface area contributed by atoms with Crippen LogP contribution < -0.4 is 14.8 Å². The highest BCUT2D eigenvalue weighted by atomic mass is 16.6. The predicted molar refractivity (Wildman–Crippen MR) is 88.9 cm³/mol. The number of esters is 1. The molecule has 27 heavy (non-hydrogen) atoms. The number of benzene rings is 1. The van der Waals surface area contributed by atoms with Crippen molar-refractivity contribution >= 4 is 23.3 Å². The van der Waals surface area contributed by atoms with Gasteiger partial charge in [-0.05, 0) is 6.92 Å². The van der Waals surface area contributed by atoms with Gasteiger partial charge >= 0.3 is 5.97 Å². The Bertz CT molecular complexity index is 892. The van der Waals surface area contributed by atoms with Gasteiger partial charge in [-0.2, -0.15) is 0 Å². The first-order valence-electron chi connectivity index (χ1n) is 7.92. The molecule has 0 bridgehead atoms. The summed E-state index contributed by atoms with van der Waals surface area (Å²) in [6.45, 7) is 1.71. The molecular formula is C16H15N3O8. The molecule has 1 N–H and O–H groups in total. The molecule has 0 unspecified atom stereocenters. The molecule has 0 radical (unpaired) electrons. The van der Waals surface area contributed by atoms with Gasteiger partial charge < -0.3 is 24.1 Å². The fourth-order valence-electron chi connectivity index (χ4n) is 2.30. The van der Waals surface area contributed by atoms with Crippen molar-refractivity contribution in [2.75, 3.05) is 25.1 Å². The quantitative estimate of drug-likeness (QED) is 0.469. The van der Waals surface area contributed by atoms with E-state index in [-0.39, 0.29) is 28.6 Å². The van der Waals surface area contributed by atoms with Crippen LogP contribution in [0.4, 0.5) is 11.4 Å². The summed E-state index contributed by atoms with van der Waals surface area (Å²) in [6.07, 6.45) is 0.626. The van der Waals surface area contributed by atoms with Crippen LogP contribution in [0.25, 0.3) is 0 Å². The molecule has 1 aliphatic heterocycles. The lowest BCUT2D eigenvalue weighted by molar-refractivity contribution is -0.384. The average molecular weight is 377 g/mol. The maximum absolute atomic E-state index is 12.0. The number of rotatable bonds is 5. The molecule has 11 nitrogen and oxygen atoms in total. The summed E-state index contributed by atoms with van der Waals surface area (Å²) in [5.74, 6) is -1.29. The number of aryl methyl sites for hydroxylation is 1. The van der Waals surface area contributed by atoms with Crippen LogP contribution in [0.3, 0.4) is 0 Å². The van der Waals surface area contributed by atoms with E-state index >= 15 is 0 Å². The molecule has 2 aromatic rings. The van der Waals surface area contributed by atoms with Crippen molar-refractivity contribution < 1.29 is 33.2 Å². The molecule has 142 valence electrons. The topological polar surface area (TPSA) is 143 Å². The number of carbonyl (C=O) groups excluding carboxylic acids is 2. The second kappa shape index (κ2) is 7.72. The molecule has 1 aliphatic rings. The van der Waals surface area contributed by atoms with Gasteiger partial charge in [-0.1, -0.05) is 5.16 Å². The number of nitro benzene ring substituents is 1. The van der Waals surface area contributed by atoms with Crippen molar-refractivity contribution in [3.05, 3.63) is 39.8 Å². The van der Waals surface area contributed by atoms with Crippen LogP contribution in [0.1, 0.15) is 22.7 Å². The molecule has 0 saturated heterocycles. The number of amides is 1. The minimum absolute atomic E-state index is 0.0965. The zero-order chi connectivity index (χ0) is 19.4. The minimum Gasteiger partial charge on any atom is -0.489 e. The highest BCUT2D eigenvalue weighted by Gasteiger charge is 2.23. The van der Waals surface area contributed by atoms with E-state index in [9.17, 15) is 19.7 Å². The number of nitrogens with one attached hydrogen (secondary N) is 1. The van der Waals surface area contributed by atoms with Crippen LogP contribution in [0.15, 0.2) is 22.7 Å². The number of aromatic nitrogens is 1. The Hall–Kier alpha value is -3.63. The monoisotopic (exact) mass is 377 g/mol. The number of nitro groups is 1. The summed E-state index contributed by atoms with van der Waals surface area (Å²) in [7, 11) is 0. The van der Waals surface area contributed by atoms with Gasteiger partial charge in [0, 0.05) is 18.6 Å². The Morgan fingerprint density at radius 3 is 2.59 bits per heavy atom. The molecule has 2 heterocycles. The first-order valence-corrected chi connectivity index (χ1v) is 7.92. The molecular weight excluding hydrogens is 362 g/mol. The molecule has 0 aliphatic carbocycles. The third-order valence-corrected chi connectivity index (χ3v) is 3.50. The first-order chi connectivity index (χ1) is 12.9. The second-order valence-corrected chi connectivity index (χ2v) is 5.58. The van der Waals surface area contributed by atoms with E-state index in [0.717, 1.165) is 0 Å². The van der Waals surface area contributed by atoms with Gasteiger partial charge in [0.15, 0.2) is 18.1 Å². The normalized spacial score (nSPS) is 12.8. The zero-order valence-electron chi connectivity index (χ0n) is 14.2. The fraction of sp³-hybridized carbons (Fsp3) is 0.312. The molecule has 1 aromatic carbocycles. The van der Waals surface area contributed by atoms with Crippen molar-refractivity contribution in [3.63, 3.8) is 0 Å². The van der Waals surface area contributed by atoms with E-state index < -0.39 is 23.4 Å². The summed E-state index contributed by atoms with van der Waals surface area (Å²) in [4.78, 5) is 34.4. The highest BCUT2D eigenvalue weighted by molar-refractivity contribution is 5.96. The molecule has 1 amide bonds. The maximum Gasteiger partial charge on any atom is 0.377 e. The van der Waals surface area contributed by atoms with Crippen LogP contribution in [0.5, 0.6) is 11.5 Å². The summed E-state index contributed by atoms with van der Waals surface area (Å²) in [6, 6.07) is 3.84. The number of fused-ring (bicyclic) bond motifs is 1. The second-order valence-electron chi connectivity index (χ2n) is 5.58. The third-order valence-electron chi connectivity index (χ3n) is 3.50. The van der Waals surface area contributed by atoms with Crippen LogP contribution in [-0.2, 0) is 9.53 Å². The third kappa shape index (κ3) is 4.32. The number of hydrogen-bond acceptors (Lipinski definition) is 9. The van der Waals surface area contributed by atoms with Crippen molar-refractivity contribution in [2.45, 2.75) is 13.3 Å². The Balaban J connectivity index is 1.70. The Morgan fingerprint density at radius 1 is 1.26 bits per heavy atom. The molecule has 0 saturated carbocycles. The van der Waals surface area contributed by atoms with Crippen molar-refractivity contribution in [3.8, 4) is 11.5 Å². The number of carbonyl (C=O) groups is 2. The van der Waals surface area contributed by atoms with E-state index in [0.29, 0.717) is 25.3 Å². The largest absolute Gasteiger partial charge is 0.489 e. The van der Waals surface area contributed by atoms with Gasteiger partial charge in [-0.25, -0.2) is 4.79 Å². The summed E-state index contributed by atoms with van der Waals surface area (Å²) < 4.78 is 20.4. The van der Waals surface area contributed by atoms with Crippen molar-refractivity contribution in [1.82, 2.24) is 5.16 Å². The lowest BCUT2D eigenvalue weighted by Gasteiger charge is -2.11. The van der Waals surface area contributed by atoms with Gasteiger partial charge in [-0.3, -0.25) is 14.9 Å². The summed E-state index contributed by atoms with van der Waals surface area (Å²) >= 11 is 0. The molecule has 3 rings (SSSR count). The first kappa shape index (κ1) is 18.2. The number of hydrogen-bond donors (Lipinski definition) is 1. The predicted octanol–water partition coefficient (Wildman–Crippen LogP) is 1.85. The lowest BCUT2D eigenvalue weighted by Crippen LogP contribution is -2.21. The number of anilines is 1. The molecule has 1 aromatic heterocycles. The minimum atomic E-state index is -0.876. The van der Waals surface area contributed by atoms with E-state index in [1.165, 1.54) is 18.2 Å². The van der Waals surface area contributed by atoms with Crippen LogP contribution >= 0.6 is 0 Å². The SMILES string of the molecule is Cc1cc(C(=O)OCC(=O)Nc2cc3c(cc2[N+](=O)[O-])OCCCO3)on1. The van der Waals surface area contributed by atoms with Crippen LogP contribution in [0, 0.1) is 17.0 Å². The van der Waals surface area contributed by atoms with Crippen LogP contribution in [-0.4, -0.2) is 41.8 Å². The van der Waals surface area contributed by atoms with Crippen LogP contribution in [0.2, 0.25) is 0 Å². The Labute approximate surface area is 152 Å². The van der Waals surface area contributed by atoms with E-state index in [4.69, 9.17) is 18.7 Å². The van der Waals surface area contributed by atoms with Crippen molar-refractivity contribution in [1.29, 1.82) is 0 Å². The van der Waals surface area contributed by atoms with E-state index in [1.807, 2.05) is 0 Å². The Kier molecular flexibility index (Phi) is 5.20. The summed E-state index contributed by atoms with van der Waals surface area (Å²) in [5, 5.41) is 17.2. The van der Waals surface area contributed by atoms with Gasteiger partial charge in [0.05, 0.1) is 29.9 Å². The standard InChI is InChI=1S/C16H15N3O8/c1-9-5-14(27-18-9)16(21)26-8-15(20)17-10-6-12-13(7-11(10)19(22)23)25-4-2-3-24-12/h5-7H,2-4,8H2,1H3,(H,17,20). The van der Waals surface area contributed by atoms with Crippen molar-refractivity contribution in [2.24, 2.45) is 0 Å². The smallest absolute Gasteiger partial charge is 0.377 e. The highest BCUT2D eigenvalue weighted by Crippen LogP contribution is 2.39. The fourth-order valence-corrected chi connectivity index (χ4v) is 2.30. The molecule has 11 heteroatoms. The van der Waals surface area contributed by atoms with E-state index in [2.05, 4.69) is 10.5 Å². The summed E-state index contributed by atoms with van der Waals surface area (Å²) in [5.41, 5.74) is 0.0137. The molecule has 0 spiro atoms. The maximum atomic E-state index is 12.0.